The molecule has 0 unspecified atom stereocenters. The molecule has 1 amide bonds. The fourth-order valence-corrected chi connectivity index (χ4v) is 2.13. The largest absolute Gasteiger partial charge is 0.493 e. The highest BCUT2D eigenvalue weighted by Gasteiger charge is 2.11. The zero-order valence-electron chi connectivity index (χ0n) is 12.9. The molecule has 0 spiro atoms. The molecule has 0 bridgehead atoms. The summed E-state index contributed by atoms with van der Waals surface area (Å²) in [5, 5.41) is 2.66. The number of halogens is 2. The molecule has 0 aliphatic rings. The predicted molar refractivity (Wildman–Crippen MR) is 81.9 cm³/mol. The van der Waals surface area contributed by atoms with Gasteiger partial charge in [-0.25, -0.2) is 8.78 Å². The Morgan fingerprint density at radius 1 is 1.04 bits per heavy atom. The highest BCUT2D eigenvalue weighted by atomic mass is 19.1. The Kier molecular flexibility index (Phi) is 5.51. The Labute approximate surface area is 133 Å². The number of amides is 1. The summed E-state index contributed by atoms with van der Waals surface area (Å²) in [7, 11) is 2.98. The predicted octanol–water partition coefficient (Wildman–Crippen LogP) is 2.95. The summed E-state index contributed by atoms with van der Waals surface area (Å²) in [5.41, 5.74) is 0.611. The third kappa shape index (κ3) is 4.18. The van der Waals surface area contributed by atoms with Crippen LogP contribution in [0.1, 0.15) is 15.9 Å². The Hall–Kier alpha value is -2.63. The van der Waals surface area contributed by atoms with Crippen LogP contribution in [-0.2, 0) is 6.42 Å². The van der Waals surface area contributed by atoms with Gasteiger partial charge in [0.1, 0.15) is 11.6 Å². The van der Waals surface area contributed by atoms with Gasteiger partial charge in [-0.3, -0.25) is 4.79 Å². The lowest BCUT2D eigenvalue weighted by atomic mass is 10.1. The highest BCUT2D eigenvalue weighted by molar-refractivity contribution is 5.94. The number of carbonyl (C=O) groups is 1. The maximum Gasteiger partial charge on any atom is 0.251 e. The summed E-state index contributed by atoms with van der Waals surface area (Å²) in [6.45, 7) is 0.188. The van der Waals surface area contributed by atoms with Crippen LogP contribution in [-0.4, -0.2) is 26.7 Å². The van der Waals surface area contributed by atoms with Crippen LogP contribution in [0.5, 0.6) is 11.5 Å². The van der Waals surface area contributed by atoms with E-state index in [4.69, 9.17) is 9.47 Å². The fourth-order valence-electron chi connectivity index (χ4n) is 2.13. The van der Waals surface area contributed by atoms with Crippen LogP contribution in [0.25, 0.3) is 0 Å². The SMILES string of the molecule is COc1ccc(C(=O)NCCc2cc(F)ccc2F)cc1OC. The zero-order chi connectivity index (χ0) is 16.8. The van der Waals surface area contributed by atoms with Crippen LogP contribution in [0.4, 0.5) is 8.78 Å². The van der Waals surface area contributed by atoms with Crippen molar-refractivity contribution in [2.45, 2.75) is 6.42 Å². The van der Waals surface area contributed by atoms with Gasteiger partial charge in [0, 0.05) is 12.1 Å². The molecule has 122 valence electrons. The minimum atomic E-state index is -0.507. The average molecular weight is 321 g/mol. The van der Waals surface area contributed by atoms with Gasteiger partial charge in [0.15, 0.2) is 11.5 Å². The van der Waals surface area contributed by atoms with E-state index in [9.17, 15) is 13.6 Å². The van der Waals surface area contributed by atoms with Gasteiger partial charge in [0.25, 0.3) is 5.91 Å². The number of rotatable bonds is 6. The number of hydrogen-bond donors (Lipinski definition) is 1. The Balaban J connectivity index is 1.98. The van der Waals surface area contributed by atoms with E-state index >= 15 is 0 Å². The quantitative estimate of drug-likeness (QED) is 0.890. The van der Waals surface area contributed by atoms with Gasteiger partial charge in [0.05, 0.1) is 14.2 Å². The second-order valence-corrected chi connectivity index (χ2v) is 4.81. The van der Waals surface area contributed by atoms with Gasteiger partial charge in [-0.2, -0.15) is 0 Å². The molecule has 1 N–H and O–H groups in total. The minimum Gasteiger partial charge on any atom is -0.493 e. The van der Waals surface area contributed by atoms with Gasteiger partial charge in [-0.05, 0) is 48.4 Å². The first-order chi connectivity index (χ1) is 11.0. The third-order valence-electron chi connectivity index (χ3n) is 3.33. The molecule has 0 atom stereocenters. The Morgan fingerprint density at radius 3 is 2.48 bits per heavy atom. The topological polar surface area (TPSA) is 47.6 Å². The van der Waals surface area contributed by atoms with E-state index < -0.39 is 11.6 Å². The van der Waals surface area contributed by atoms with Gasteiger partial charge < -0.3 is 14.8 Å². The molecule has 2 aromatic carbocycles. The van der Waals surface area contributed by atoms with Crippen molar-refractivity contribution in [3.05, 3.63) is 59.2 Å². The molecule has 23 heavy (non-hydrogen) atoms. The summed E-state index contributed by atoms with van der Waals surface area (Å²) in [6, 6.07) is 8.02. The normalized spacial score (nSPS) is 10.3. The molecule has 0 saturated heterocycles. The monoisotopic (exact) mass is 321 g/mol. The van der Waals surface area contributed by atoms with Gasteiger partial charge >= 0.3 is 0 Å². The molecule has 0 aromatic heterocycles. The molecule has 0 aliphatic heterocycles. The molecule has 2 aromatic rings. The van der Waals surface area contributed by atoms with Crippen molar-refractivity contribution in [2.75, 3.05) is 20.8 Å². The van der Waals surface area contributed by atoms with E-state index in [2.05, 4.69) is 5.32 Å². The number of carbonyl (C=O) groups excluding carboxylic acids is 1. The van der Waals surface area contributed by atoms with Crippen molar-refractivity contribution in [3.63, 3.8) is 0 Å². The van der Waals surface area contributed by atoms with Gasteiger partial charge in [0.2, 0.25) is 0 Å². The van der Waals surface area contributed by atoms with Gasteiger partial charge in [-0.15, -0.1) is 0 Å². The van der Waals surface area contributed by atoms with E-state index in [-0.39, 0.29) is 24.4 Å². The van der Waals surface area contributed by atoms with Crippen molar-refractivity contribution in [1.29, 1.82) is 0 Å². The highest BCUT2D eigenvalue weighted by Crippen LogP contribution is 2.27. The van der Waals surface area contributed by atoms with E-state index in [0.717, 1.165) is 18.2 Å². The number of ether oxygens (including phenoxy) is 2. The molecule has 6 heteroatoms. The minimum absolute atomic E-state index is 0.188. The molecule has 0 heterocycles. The maximum absolute atomic E-state index is 13.5. The number of methoxy groups -OCH3 is 2. The van der Waals surface area contributed by atoms with Crippen molar-refractivity contribution in [3.8, 4) is 11.5 Å². The molecular weight excluding hydrogens is 304 g/mol. The van der Waals surface area contributed by atoms with Crippen molar-refractivity contribution >= 4 is 5.91 Å². The summed E-state index contributed by atoms with van der Waals surface area (Å²) in [6.07, 6.45) is 0.197. The van der Waals surface area contributed by atoms with Crippen LogP contribution < -0.4 is 14.8 Å². The smallest absolute Gasteiger partial charge is 0.251 e. The van der Waals surface area contributed by atoms with Crippen LogP contribution in [0, 0.1) is 11.6 Å². The third-order valence-corrected chi connectivity index (χ3v) is 3.33. The maximum atomic E-state index is 13.5. The second kappa shape index (κ2) is 7.58. The van der Waals surface area contributed by atoms with Crippen molar-refractivity contribution in [2.24, 2.45) is 0 Å². The molecule has 0 radical (unpaired) electrons. The summed E-state index contributed by atoms with van der Waals surface area (Å²) in [5.74, 6) is -0.371. The molecule has 0 aliphatic carbocycles. The Morgan fingerprint density at radius 2 is 1.78 bits per heavy atom. The number of benzene rings is 2. The van der Waals surface area contributed by atoms with Gasteiger partial charge in [-0.1, -0.05) is 0 Å². The fraction of sp³-hybridized carbons (Fsp3) is 0.235. The molecular formula is C17H17F2NO3. The molecule has 0 saturated carbocycles. The van der Waals surface area contributed by atoms with Crippen molar-refractivity contribution in [1.82, 2.24) is 5.32 Å². The van der Waals surface area contributed by atoms with E-state index in [1.807, 2.05) is 0 Å². The van der Waals surface area contributed by atoms with Crippen LogP contribution in [0.3, 0.4) is 0 Å². The average Bonchev–Trinajstić information content (AvgIpc) is 2.57. The summed E-state index contributed by atoms with van der Waals surface area (Å²) in [4.78, 5) is 12.1. The molecule has 0 fully saturated rings. The first-order valence-electron chi connectivity index (χ1n) is 6.99. The number of hydrogen-bond acceptors (Lipinski definition) is 3. The molecule has 2 rings (SSSR count). The van der Waals surface area contributed by atoms with Crippen LogP contribution >= 0.6 is 0 Å². The van der Waals surface area contributed by atoms with E-state index in [1.54, 1.807) is 18.2 Å². The number of nitrogens with one attached hydrogen (secondary N) is 1. The zero-order valence-corrected chi connectivity index (χ0v) is 12.9. The lowest BCUT2D eigenvalue weighted by Gasteiger charge is -2.10. The summed E-state index contributed by atoms with van der Waals surface area (Å²) >= 11 is 0. The Bertz CT molecular complexity index is 704. The molecule has 4 nitrogen and oxygen atoms in total. The first-order valence-corrected chi connectivity index (χ1v) is 6.99. The first kappa shape index (κ1) is 16.7. The van der Waals surface area contributed by atoms with E-state index in [0.29, 0.717) is 17.1 Å². The standard InChI is InChI=1S/C17H17F2NO3/c1-22-15-6-3-12(10-16(15)23-2)17(21)20-8-7-11-9-13(18)4-5-14(11)19/h3-6,9-10H,7-8H2,1-2H3,(H,20,21). The second-order valence-electron chi connectivity index (χ2n) is 4.81. The summed E-state index contributed by atoms with van der Waals surface area (Å²) < 4.78 is 36.8. The lowest BCUT2D eigenvalue weighted by molar-refractivity contribution is 0.0953. The lowest BCUT2D eigenvalue weighted by Crippen LogP contribution is -2.26. The van der Waals surface area contributed by atoms with Crippen molar-refractivity contribution < 1.29 is 23.0 Å². The van der Waals surface area contributed by atoms with Crippen LogP contribution in [0.15, 0.2) is 36.4 Å². The van der Waals surface area contributed by atoms with E-state index in [1.165, 1.54) is 14.2 Å². The van der Waals surface area contributed by atoms with Crippen LogP contribution in [0.2, 0.25) is 0 Å².